The highest BCUT2D eigenvalue weighted by Crippen LogP contribution is 2.33. The normalized spacial score (nSPS) is 10.3. The number of alkyl halides is 1. The topological polar surface area (TPSA) is 98.0 Å². The van der Waals surface area contributed by atoms with Crippen LogP contribution in [-0.4, -0.2) is 22.4 Å². The number of aryl methyl sites for hydroxylation is 2. The molecule has 0 unspecified atom stereocenters. The molecule has 0 radical (unpaired) electrons. The third-order valence-corrected chi connectivity index (χ3v) is 4.67. The fraction of sp³-hybridized carbons (Fsp3) is 0.182. The Bertz CT molecular complexity index is 1280. The Morgan fingerprint density at radius 1 is 1.06 bits per heavy atom. The van der Waals surface area contributed by atoms with Crippen LogP contribution < -0.4 is 4.74 Å². The van der Waals surface area contributed by atoms with Gasteiger partial charge < -0.3 is 13.6 Å². The summed E-state index contributed by atoms with van der Waals surface area (Å²) in [5.41, 5.74) is 1.92. The molecule has 2 heterocycles. The second kappa shape index (κ2) is 10.3. The summed E-state index contributed by atoms with van der Waals surface area (Å²) in [4.78, 5) is 4.21. The number of benzene rings is 2. The number of hydrogen-bond acceptors (Lipinski definition) is 7. The van der Waals surface area contributed by atoms with Crippen LogP contribution in [0.25, 0.3) is 11.7 Å². The predicted octanol–water partition coefficient (Wildman–Crippen LogP) is 6.49. The zero-order valence-electron chi connectivity index (χ0n) is 17.3. The van der Waals surface area contributed by atoms with Crippen LogP contribution in [0, 0.1) is 25.2 Å². The minimum Gasteiger partial charge on any atom is -0.456 e. The van der Waals surface area contributed by atoms with Gasteiger partial charge in [0.1, 0.15) is 11.5 Å². The summed E-state index contributed by atoms with van der Waals surface area (Å²) < 4.78 is 26.6. The van der Waals surface area contributed by atoms with E-state index in [0.29, 0.717) is 63.9 Å². The minimum absolute atomic E-state index is 0.275. The van der Waals surface area contributed by atoms with Gasteiger partial charge in [-0.25, -0.2) is 4.98 Å². The fourth-order valence-corrected chi connectivity index (χ4v) is 3.25. The molecule has 164 valence electrons. The highest BCUT2D eigenvalue weighted by atomic mass is 35.5. The molecule has 4 aromatic rings. The van der Waals surface area contributed by atoms with E-state index in [1.807, 2.05) is 19.1 Å². The van der Waals surface area contributed by atoms with Gasteiger partial charge in [0.15, 0.2) is 5.89 Å². The third kappa shape index (κ3) is 5.44. The Kier molecular flexibility index (Phi) is 7.46. The molecule has 0 saturated heterocycles. The fourth-order valence-electron chi connectivity index (χ4n) is 2.87. The molecule has 0 spiro atoms. The average Bonchev–Trinajstić information content (AvgIpc) is 3.36. The monoisotopic (exact) mass is 474 g/mol. The molecule has 0 aliphatic heterocycles. The summed E-state index contributed by atoms with van der Waals surface area (Å²) in [6.45, 7) is 3.56. The van der Waals surface area contributed by atoms with Gasteiger partial charge in [-0.15, -0.1) is 10.2 Å². The summed E-state index contributed by atoms with van der Waals surface area (Å²) >= 11 is 12.3. The van der Waals surface area contributed by atoms with E-state index in [1.54, 1.807) is 37.3 Å². The van der Waals surface area contributed by atoms with Crippen molar-refractivity contribution in [3.8, 4) is 29.2 Å². The van der Waals surface area contributed by atoms with Gasteiger partial charge in [0, 0.05) is 11.9 Å². The SMILES string of the molecule is CF.Cc1nc(C)c(-c2nnc(Cc3ccc(Cl)c(Oc4cc(Cl)cc(C#N)c4)c3)o2)o1. The molecule has 10 heteroatoms. The minimum atomic E-state index is 0.275. The molecule has 2 aromatic carbocycles. The predicted molar refractivity (Wildman–Crippen MR) is 117 cm³/mol. The molecule has 0 bridgehead atoms. The van der Waals surface area contributed by atoms with E-state index in [2.05, 4.69) is 15.2 Å². The van der Waals surface area contributed by atoms with Crippen molar-refractivity contribution in [2.24, 2.45) is 0 Å². The molecule has 0 N–H and O–H groups in total. The Balaban J connectivity index is 0.00000141. The molecule has 2 aromatic heterocycles. The van der Waals surface area contributed by atoms with Crippen molar-refractivity contribution in [3.63, 3.8) is 0 Å². The molecule has 0 fully saturated rings. The summed E-state index contributed by atoms with van der Waals surface area (Å²) in [5, 5.41) is 18.0. The van der Waals surface area contributed by atoms with Crippen LogP contribution >= 0.6 is 23.2 Å². The first-order valence-corrected chi connectivity index (χ1v) is 9.98. The van der Waals surface area contributed by atoms with Crippen molar-refractivity contribution in [1.82, 2.24) is 15.2 Å². The molecular formula is C22H17Cl2FN4O3. The van der Waals surface area contributed by atoms with E-state index in [0.717, 1.165) is 5.56 Å². The van der Waals surface area contributed by atoms with Gasteiger partial charge in [0.2, 0.25) is 11.7 Å². The molecule has 32 heavy (non-hydrogen) atoms. The van der Waals surface area contributed by atoms with Crippen molar-refractivity contribution < 1.29 is 18.0 Å². The quantitative estimate of drug-likeness (QED) is 0.325. The van der Waals surface area contributed by atoms with Crippen molar-refractivity contribution in [2.75, 3.05) is 7.18 Å². The zero-order chi connectivity index (χ0) is 23.3. The standard InChI is InChI=1S/C21H14Cl2N4O3.CH3F/c1-11-20(28-12(2)25-11)21-27-26-19(30-21)8-13-3-4-17(23)18(7-13)29-16-6-14(10-24)5-15(22)9-16;1-2/h3-7,9H,8H2,1-2H3;1H3. The second-order valence-electron chi connectivity index (χ2n) is 6.48. The first-order chi connectivity index (χ1) is 15.4. The lowest BCUT2D eigenvalue weighted by Crippen LogP contribution is -1.92. The average molecular weight is 475 g/mol. The molecule has 0 aliphatic rings. The second-order valence-corrected chi connectivity index (χ2v) is 7.32. The maximum absolute atomic E-state index is 9.50. The van der Waals surface area contributed by atoms with Gasteiger partial charge in [-0.1, -0.05) is 29.3 Å². The molecule has 0 amide bonds. The summed E-state index contributed by atoms with van der Waals surface area (Å²) in [5.74, 6) is 2.50. The van der Waals surface area contributed by atoms with Crippen molar-refractivity contribution in [3.05, 3.63) is 75.0 Å². The van der Waals surface area contributed by atoms with Gasteiger partial charge in [-0.3, -0.25) is 4.39 Å². The largest absolute Gasteiger partial charge is 0.456 e. The number of halogens is 3. The number of oxazole rings is 1. The lowest BCUT2D eigenvalue weighted by atomic mass is 10.1. The number of nitrogens with zero attached hydrogens (tertiary/aromatic N) is 4. The Morgan fingerprint density at radius 2 is 1.84 bits per heavy atom. The maximum Gasteiger partial charge on any atom is 0.285 e. The number of ether oxygens (including phenoxy) is 1. The molecular weight excluding hydrogens is 458 g/mol. The van der Waals surface area contributed by atoms with Crippen molar-refractivity contribution >= 4 is 23.2 Å². The Labute approximate surface area is 193 Å². The maximum atomic E-state index is 9.50. The first kappa shape index (κ1) is 23.3. The molecule has 0 atom stereocenters. The van der Waals surface area contributed by atoms with Gasteiger partial charge in [0.05, 0.1) is 35.9 Å². The number of hydrogen-bond donors (Lipinski definition) is 0. The molecule has 0 saturated carbocycles. The van der Waals surface area contributed by atoms with Crippen LogP contribution in [0.5, 0.6) is 11.5 Å². The van der Waals surface area contributed by atoms with Crippen molar-refractivity contribution in [1.29, 1.82) is 5.26 Å². The lowest BCUT2D eigenvalue weighted by Gasteiger charge is -2.10. The summed E-state index contributed by atoms with van der Waals surface area (Å²) in [6, 6.07) is 12.1. The van der Waals surface area contributed by atoms with E-state index in [9.17, 15) is 4.39 Å². The molecule has 0 aliphatic carbocycles. The van der Waals surface area contributed by atoms with Crippen LogP contribution in [0.1, 0.15) is 28.6 Å². The number of nitriles is 1. The Morgan fingerprint density at radius 3 is 2.53 bits per heavy atom. The summed E-state index contributed by atoms with van der Waals surface area (Å²) in [6.07, 6.45) is 0.367. The van der Waals surface area contributed by atoms with E-state index < -0.39 is 0 Å². The highest BCUT2D eigenvalue weighted by molar-refractivity contribution is 6.32. The molecule has 4 rings (SSSR count). The number of rotatable bonds is 5. The van der Waals surface area contributed by atoms with E-state index >= 15 is 0 Å². The smallest absolute Gasteiger partial charge is 0.285 e. The van der Waals surface area contributed by atoms with Gasteiger partial charge in [0.25, 0.3) is 5.89 Å². The van der Waals surface area contributed by atoms with Gasteiger partial charge in [-0.2, -0.15) is 5.26 Å². The van der Waals surface area contributed by atoms with E-state index in [4.69, 9.17) is 42.0 Å². The number of aromatic nitrogens is 3. The van der Waals surface area contributed by atoms with Crippen LogP contribution in [0.3, 0.4) is 0 Å². The highest BCUT2D eigenvalue weighted by Gasteiger charge is 2.17. The van der Waals surface area contributed by atoms with E-state index in [1.165, 1.54) is 0 Å². The summed E-state index contributed by atoms with van der Waals surface area (Å²) in [7, 11) is 0.500. The van der Waals surface area contributed by atoms with Crippen LogP contribution in [-0.2, 0) is 6.42 Å². The molecule has 7 nitrogen and oxygen atoms in total. The van der Waals surface area contributed by atoms with Crippen LogP contribution in [0.15, 0.2) is 45.2 Å². The Hall–Kier alpha value is -3.41. The lowest BCUT2D eigenvalue weighted by molar-refractivity contribution is 0.472. The van der Waals surface area contributed by atoms with E-state index in [-0.39, 0.29) is 5.89 Å². The first-order valence-electron chi connectivity index (χ1n) is 9.23. The van der Waals surface area contributed by atoms with Crippen LogP contribution in [0.4, 0.5) is 4.39 Å². The van der Waals surface area contributed by atoms with Gasteiger partial charge >= 0.3 is 0 Å². The zero-order valence-corrected chi connectivity index (χ0v) is 18.8. The van der Waals surface area contributed by atoms with Crippen molar-refractivity contribution in [2.45, 2.75) is 20.3 Å². The van der Waals surface area contributed by atoms with Crippen LogP contribution in [0.2, 0.25) is 10.0 Å². The third-order valence-electron chi connectivity index (χ3n) is 4.14. The van der Waals surface area contributed by atoms with Gasteiger partial charge in [-0.05, 0) is 42.8 Å².